The Kier molecular flexibility index (Phi) is 2.63. The molecule has 4 fully saturated rings. The predicted molar refractivity (Wildman–Crippen MR) is 75.5 cm³/mol. The van der Waals surface area contributed by atoms with Crippen molar-refractivity contribution in [2.45, 2.75) is 42.9 Å². The summed E-state index contributed by atoms with van der Waals surface area (Å²) in [5, 5.41) is 0.113. The molecule has 20 heavy (non-hydrogen) atoms. The van der Waals surface area contributed by atoms with Gasteiger partial charge >= 0.3 is 0 Å². The molecule has 1 aromatic carbocycles. The Hall–Kier alpha value is -0.840. The Morgan fingerprint density at radius 3 is 2.75 bits per heavy atom. The standard InChI is InChI=1S/C15H18ClFN2O/c16-12-5-10(1-2-13(12)17)20-11-3-4-19(6-11)15-7-14(18,8-15)9-15/h1-2,5,11H,3-4,6-9,18H2. The summed E-state index contributed by atoms with van der Waals surface area (Å²) in [6.07, 6.45) is 4.58. The third-order valence-corrected chi connectivity index (χ3v) is 5.34. The van der Waals surface area contributed by atoms with E-state index in [0.29, 0.717) is 11.3 Å². The Morgan fingerprint density at radius 2 is 2.10 bits per heavy atom. The summed E-state index contributed by atoms with van der Waals surface area (Å²) < 4.78 is 19.0. The molecule has 1 aromatic rings. The quantitative estimate of drug-likeness (QED) is 0.932. The van der Waals surface area contributed by atoms with Crippen molar-refractivity contribution in [1.82, 2.24) is 4.90 Å². The summed E-state index contributed by atoms with van der Waals surface area (Å²) in [5.74, 6) is 0.241. The van der Waals surface area contributed by atoms with Crippen molar-refractivity contribution in [2.75, 3.05) is 13.1 Å². The van der Waals surface area contributed by atoms with Gasteiger partial charge < -0.3 is 10.5 Å². The van der Waals surface area contributed by atoms with E-state index in [1.54, 1.807) is 12.1 Å². The molecule has 0 spiro atoms. The smallest absolute Gasteiger partial charge is 0.142 e. The first-order valence-electron chi connectivity index (χ1n) is 7.14. The summed E-state index contributed by atoms with van der Waals surface area (Å²) in [6.45, 7) is 2.00. The highest BCUT2D eigenvalue weighted by atomic mass is 35.5. The van der Waals surface area contributed by atoms with Crippen molar-refractivity contribution in [3.05, 3.63) is 29.0 Å². The van der Waals surface area contributed by atoms with E-state index in [9.17, 15) is 4.39 Å². The van der Waals surface area contributed by atoms with Crippen LogP contribution >= 0.6 is 11.6 Å². The van der Waals surface area contributed by atoms with E-state index >= 15 is 0 Å². The average Bonchev–Trinajstić information content (AvgIpc) is 2.77. The van der Waals surface area contributed by atoms with Crippen molar-refractivity contribution >= 4 is 11.6 Å². The number of rotatable bonds is 3. The summed E-state index contributed by atoms with van der Waals surface area (Å²) in [4.78, 5) is 2.53. The van der Waals surface area contributed by atoms with E-state index in [-0.39, 0.29) is 16.7 Å². The lowest BCUT2D eigenvalue weighted by Crippen LogP contribution is -2.81. The second kappa shape index (κ2) is 4.09. The first-order chi connectivity index (χ1) is 9.48. The van der Waals surface area contributed by atoms with E-state index in [2.05, 4.69) is 4.90 Å². The van der Waals surface area contributed by atoms with Crippen LogP contribution in [-0.2, 0) is 0 Å². The Bertz CT molecular complexity index is 545. The van der Waals surface area contributed by atoms with Crippen molar-refractivity contribution in [1.29, 1.82) is 0 Å². The van der Waals surface area contributed by atoms with Crippen LogP contribution in [0.3, 0.4) is 0 Å². The fourth-order valence-corrected chi connectivity index (χ4v) is 4.31. The van der Waals surface area contributed by atoms with Gasteiger partial charge in [0.25, 0.3) is 0 Å². The third-order valence-electron chi connectivity index (χ3n) is 5.05. The molecule has 1 atom stereocenters. The minimum atomic E-state index is -0.408. The van der Waals surface area contributed by atoms with E-state index in [1.807, 2.05) is 0 Å². The molecule has 0 aromatic heterocycles. The molecular formula is C15H18ClFN2O. The molecule has 0 radical (unpaired) electrons. The maximum Gasteiger partial charge on any atom is 0.142 e. The van der Waals surface area contributed by atoms with Gasteiger partial charge in [-0.1, -0.05) is 11.6 Å². The monoisotopic (exact) mass is 296 g/mol. The summed E-state index contributed by atoms with van der Waals surface area (Å²) >= 11 is 5.77. The van der Waals surface area contributed by atoms with Crippen LogP contribution in [0.2, 0.25) is 5.02 Å². The molecule has 1 aliphatic heterocycles. The highest BCUT2D eigenvalue weighted by Gasteiger charge is 2.68. The van der Waals surface area contributed by atoms with Gasteiger partial charge in [-0.05, 0) is 37.8 Å². The fraction of sp³-hybridized carbons (Fsp3) is 0.600. The van der Waals surface area contributed by atoms with E-state index in [0.717, 1.165) is 38.8 Å². The number of ether oxygens (including phenoxy) is 1. The fourth-order valence-electron chi connectivity index (χ4n) is 4.14. The topological polar surface area (TPSA) is 38.5 Å². The normalized spacial score (nSPS) is 39.2. The zero-order valence-corrected chi connectivity index (χ0v) is 12.0. The molecule has 5 heteroatoms. The van der Waals surface area contributed by atoms with Gasteiger partial charge in [0, 0.05) is 30.2 Å². The average molecular weight is 297 g/mol. The van der Waals surface area contributed by atoms with Gasteiger partial charge in [-0.2, -0.15) is 0 Å². The van der Waals surface area contributed by atoms with E-state index in [1.165, 1.54) is 6.07 Å². The molecule has 3 saturated carbocycles. The molecule has 0 amide bonds. The minimum absolute atomic E-state index is 0.113. The molecule has 108 valence electrons. The SMILES string of the molecule is NC12CC(N3CCC(Oc4ccc(F)c(Cl)c4)C3)(C1)C2. The van der Waals surface area contributed by atoms with Crippen LogP contribution < -0.4 is 10.5 Å². The molecule has 1 unspecified atom stereocenters. The number of hydrogen-bond acceptors (Lipinski definition) is 3. The molecule has 2 N–H and O–H groups in total. The second-order valence-corrected chi connectivity index (χ2v) is 7.07. The van der Waals surface area contributed by atoms with Crippen molar-refractivity contribution in [3.63, 3.8) is 0 Å². The van der Waals surface area contributed by atoms with Crippen LogP contribution in [0.5, 0.6) is 5.75 Å². The van der Waals surface area contributed by atoms with Crippen LogP contribution in [-0.4, -0.2) is 35.2 Å². The third kappa shape index (κ3) is 1.85. The number of benzene rings is 1. The summed E-state index contributed by atoms with van der Waals surface area (Å²) in [5.41, 5.74) is 6.63. The number of halogens is 2. The van der Waals surface area contributed by atoms with Crippen molar-refractivity contribution in [2.24, 2.45) is 5.73 Å². The maximum absolute atomic E-state index is 13.1. The molecule has 4 aliphatic rings. The number of hydrogen-bond donors (Lipinski definition) is 1. The highest BCUT2D eigenvalue weighted by molar-refractivity contribution is 6.30. The van der Waals surface area contributed by atoms with Gasteiger partial charge in [-0.3, -0.25) is 4.90 Å². The lowest BCUT2D eigenvalue weighted by Gasteiger charge is -2.72. The lowest BCUT2D eigenvalue weighted by molar-refractivity contribution is -0.155. The molecule has 1 heterocycles. The number of nitrogens with two attached hydrogens (primary N) is 1. The largest absolute Gasteiger partial charge is 0.489 e. The van der Waals surface area contributed by atoms with Gasteiger partial charge in [-0.15, -0.1) is 0 Å². The van der Waals surface area contributed by atoms with E-state index in [4.69, 9.17) is 22.1 Å². The van der Waals surface area contributed by atoms with Gasteiger partial charge in [0.2, 0.25) is 0 Å². The minimum Gasteiger partial charge on any atom is -0.489 e. The van der Waals surface area contributed by atoms with Gasteiger partial charge in [-0.25, -0.2) is 4.39 Å². The van der Waals surface area contributed by atoms with Gasteiger partial charge in [0.15, 0.2) is 0 Å². The maximum atomic E-state index is 13.1. The lowest BCUT2D eigenvalue weighted by atomic mass is 9.44. The van der Waals surface area contributed by atoms with Crippen LogP contribution in [0, 0.1) is 5.82 Å². The zero-order valence-electron chi connectivity index (χ0n) is 11.2. The Labute approximate surface area is 122 Å². The predicted octanol–water partition coefficient (Wildman–Crippen LogP) is 2.57. The van der Waals surface area contributed by atoms with Crippen LogP contribution in [0.15, 0.2) is 18.2 Å². The number of likely N-dealkylation sites (tertiary alicyclic amines) is 1. The first kappa shape index (κ1) is 12.9. The molecule has 3 aliphatic carbocycles. The molecule has 5 rings (SSSR count). The van der Waals surface area contributed by atoms with Crippen LogP contribution in [0.1, 0.15) is 25.7 Å². The van der Waals surface area contributed by atoms with E-state index < -0.39 is 5.82 Å². The van der Waals surface area contributed by atoms with Crippen molar-refractivity contribution < 1.29 is 9.13 Å². The second-order valence-electron chi connectivity index (χ2n) is 6.67. The van der Waals surface area contributed by atoms with Gasteiger partial charge in [0.1, 0.15) is 17.7 Å². The highest BCUT2D eigenvalue weighted by Crippen LogP contribution is 2.62. The summed E-state index contributed by atoms with van der Waals surface area (Å²) in [6, 6.07) is 4.54. The molecule has 3 nitrogen and oxygen atoms in total. The molecule has 2 bridgehead atoms. The van der Waals surface area contributed by atoms with Crippen molar-refractivity contribution in [3.8, 4) is 5.75 Å². The molecule has 1 saturated heterocycles. The first-order valence-corrected chi connectivity index (χ1v) is 7.52. The Morgan fingerprint density at radius 1 is 1.35 bits per heavy atom. The van der Waals surface area contributed by atoms with Crippen LogP contribution in [0.25, 0.3) is 0 Å². The summed E-state index contributed by atoms with van der Waals surface area (Å²) in [7, 11) is 0. The van der Waals surface area contributed by atoms with Gasteiger partial charge in [0.05, 0.1) is 5.02 Å². The molecular weight excluding hydrogens is 279 g/mol. The number of nitrogens with zero attached hydrogens (tertiary/aromatic N) is 1. The van der Waals surface area contributed by atoms with Crippen LogP contribution in [0.4, 0.5) is 4.39 Å². The zero-order chi connectivity index (χ0) is 14.0. The Balaban J connectivity index is 1.38.